The van der Waals surface area contributed by atoms with E-state index in [-0.39, 0.29) is 0 Å². The number of hydrogen-bond acceptors (Lipinski definition) is 0. The van der Waals surface area contributed by atoms with E-state index in [4.69, 9.17) is 0 Å². The van der Waals surface area contributed by atoms with Gasteiger partial charge in [-0.05, 0) is 88.0 Å². The molecule has 0 nitrogen and oxygen atoms in total. The first-order chi connectivity index (χ1) is 13.2. The molecule has 4 aromatic rings. The van der Waals surface area contributed by atoms with Crippen LogP contribution in [0.5, 0.6) is 0 Å². The summed E-state index contributed by atoms with van der Waals surface area (Å²) in [6, 6.07) is 31.1. The summed E-state index contributed by atoms with van der Waals surface area (Å²) in [5, 5.41) is 0. The van der Waals surface area contributed by atoms with E-state index in [2.05, 4.69) is 98.8 Å². The molecule has 0 fully saturated rings. The predicted molar refractivity (Wildman–Crippen MR) is 115 cm³/mol. The minimum atomic E-state index is 1.02. The Balaban J connectivity index is 1.83. The Bertz CT molecular complexity index is 1160. The highest BCUT2D eigenvalue weighted by atomic mass is 14.3. The van der Waals surface area contributed by atoms with Gasteiger partial charge in [-0.2, -0.15) is 0 Å². The zero-order valence-corrected chi connectivity index (χ0v) is 15.8. The molecule has 0 heteroatoms. The number of rotatable bonds is 2. The van der Waals surface area contributed by atoms with Gasteiger partial charge in [0.15, 0.2) is 0 Å². The summed E-state index contributed by atoms with van der Waals surface area (Å²) in [6.45, 7) is 4.41. The van der Waals surface area contributed by atoms with Crippen LogP contribution in [0.2, 0.25) is 0 Å². The van der Waals surface area contributed by atoms with Crippen molar-refractivity contribution in [1.82, 2.24) is 0 Å². The van der Waals surface area contributed by atoms with Gasteiger partial charge in [0.25, 0.3) is 0 Å². The van der Waals surface area contributed by atoms with Crippen LogP contribution >= 0.6 is 0 Å². The number of fused-ring (bicyclic) bond motifs is 3. The van der Waals surface area contributed by atoms with Gasteiger partial charge >= 0.3 is 0 Å². The van der Waals surface area contributed by atoms with E-state index < -0.39 is 0 Å². The maximum atomic E-state index is 2.40. The van der Waals surface area contributed by atoms with Crippen molar-refractivity contribution < 1.29 is 0 Å². The van der Waals surface area contributed by atoms with Crippen molar-refractivity contribution in [1.29, 1.82) is 0 Å². The van der Waals surface area contributed by atoms with Crippen molar-refractivity contribution in [2.45, 2.75) is 20.3 Å². The Morgan fingerprint density at radius 2 is 1.04 bits per heavy atom. The van der Waals surface area contributed by atoms with Crippen molar-refractivity contribution >= 4 is 0 Å². The second-order valence-corrected chi connectivity index (χ2v) is 7.51. The van der Waals surface area contributed by atoms with E-state index in [0.29, 0.717) is 0 Å². The minimum Gasteiger partial charge on any atom is -0.0620 e. The van der Waals surface area contributed by atoms with Crippen LogP contribution in [0.25, 0.3) is 33.4 Å². The van der Waals surface area contributed by atoms with E-state index in [1.807, 2.05) is 0 Å². The molecule has 0 saturated carbocycles. The molecular weight excluding hydrogens is 324 g/mol. The summed E-state index contributed by atoms with van der Waals surface area (Å²) in [7, 11) is 0. The highest BCUT2D eigenvalue weighted by molar-refractivity contribution is 5.90. The van der Waals surface area contributed by atoms with Gasteiger partial charge < -0.3 is 0 Å². The van der Waals surface area contributed by atoms with Crippen LogP contribution in [0, 0.1) is 13.8 Å². The highest BCUT2D eigenvalue weighted by Crippen LogP contribution is 2.45. The summed E-state index contributed by atoms with van der Waals surface area (Å²) < 4.78 is 0. The second kappa shape index (κ2) is 6.25. The zero-order chi connectivity index (χ0) is 18.4. The molecule has 0 saturated heterocycles. The van der Waals surface area contributed by atoms with Crippen LogP contribution in [0.3, 0.4) is 0 Å². The lowest BCUT2D eigenvalue weighted by atomic mass is 9.88. The van der Waals surface area contributed by atoms with E-state index in [0.717, 1.165) is 6.42 Å². The van der Waals surface area contributed by atoms with Gasteiger partial charge in [-0.3, -0.25) is 0 Å². The van der Waals surface area contributed by atoms with E-state index in [1.165, 1.54) is 55.6 Å². The summed E-state index contributed by atoms with van der Waals surface area (Å²) in [5.41, 5.74) is 13.7. The first-order valence-electron chi connectivity index (χ1n) is 9.59. The number of hydrogen-bond donors (Lipinski definition) is 0. The molecule has 1 aliphatic rings. The normalized spacial score (nSPS) is 11.9. The maximum Gasteiger partial charge on any atom is -0.000728 e. The van der Waals surface area contributed by atoms with Crippen molar-refractivity contribution in [2.75, 3.05) is 0 Å². The van der Waals surface area contributed by atoms with Crippen LogP contribution < -0.4 is 0 Å². The molecule has 0 aliphatic heterocycles. The monoisotopic (exact) mass is 346 g/mol. The van der Waals surface area contributed by atoms with Crippen LogP contribution in [-0.4, -0.2) is 0 Å². The van der Waals surface area contributed by atoms with Gasteiger partial charge in [0.05, 0.1) is 0 Å². The third-order valence-corrected chi connectivity index (χ3v) is 5.82. The van der Waals surface area contributed by atoms with Gasteiger partial charge in [-0.25, -0.2) is 0 Å². The van der Waals surface area contributed by atoms with Crippen molar-refractivity contribution in [3.63, 3.8) is 0 Å². The SMILES string of the molecule is Cc1ccccc1-c1cc(-c2ccccc2C)c2c(c1)-c1ccccc1C2. The van der Waals surface area contributed by atoms with Gasteiger partial charge in [0.2, 0.25) is 0 Å². The van der Waals surface area contributed by atoms with Crippen LogP contribution in [0.15, 0.2) is 84.9 Å². The summed E-state index contributed by atoms with van der Waals surface area (Å²) in [5.74, 6) is 0. The third kappa shape index (κ3) is 2.61. The summed E-state index contributed by atoms with van der Waals surface area (Å²) >= 11 is 0. The van der Waals surface area contributed by atoms with Crippen LogP contribution in [0.1, 0.15) is 22.3 Å². The van der Waals surface area contributed by atoms with Crippen LogP contribution in [-0.2, 0) is 6.42 Å². The Hall–Kier alpha value is -3.12. The second-order valence-electron chi connectivity index (χ2n) is 7.51. The summed E-state index contributed by atoms with van der Waals surface area (Å²) in [4.78, 5) is 0. The maximum absolute atomic E-state index is 2.40. The minimum absolute atomic E-state index is 1.02. The molecular formula is C27H22. The lowest BCUT2D eigenvalue weighted by Crippen LogP contribution is -1.93. The Morgan fingerprint density at radius 1 is 0.519 bits per heavy atom. The van der Waals surface area contributed by atoms with Crippen molar-refractivity contribution in [3.8, 4) is 33.4 Å². The number of aryl methyl sites for hydroxylation is 2. The average molecular weight is 346 g/mol. The lowest BCUT2D eigenvalue weighted by molar-refractivity contribution is 1.26. The molecule has 0 atom stereocenters. The first kappa shape index (κ1) is 16.1. The Kier molecular flexibility index (Phi) is 3.72. The van der Waals surface area contributed by atoms with Gasteiger partial charge in [-0.15, -0.1) is 0 Å². The molecule has 0 amide bonds. The Morgan fingerprint density at radius 3 is 1.70 bits per heavy atom. The third-order valence-electron chi connectivity index (χ3n) is 5.82. The Labute approximate surface area is 161 Å². The molecule has 0 spiro atoms. The standard InChI is InChI=1S/C27H22/c1-18-9-3-6-12-22(18)21-16-25(23-13-7-4-10-19(23)2)27-15-20-11-5-8-14-24(20)26(27)17-21/h3-14,16-17H,15H2,1-2H3. The lowest BCUT2D eigenvalue weighted by Gasteiger charge is -2.16. The predicted octanol–water partition coefficient (Wildman–Crippen LogP) is 7.21. The highest BCUT2D eigenvalue weighted by Gasteiger charge is 2.23. The van der Waals surface area contributed by atoms with E-state index in [9.17, 15) is 0 Å². The first-order valence-corrected chi connectivity index (χ1v) is 9.59. The molecule has 0 radical (unpaired) electrons. The zero-order valence-electron chi connectivity index (χ0n) is 15.8. The molecule has 1 aliphatic carbocycles. The van der Waals surface area contributed by atoms with Crippen LogP contribution in [0.4, 0.5) is 0 Å². The topological polar surface area (TPSA) is 0 Å². The molecule has 4 aromatic carbocycles. The fourth-order valence-electron chi connectivity index (χ4n) is 4.40. The molecule has 0 bridgehead atoms. The molecule has 130 valence electrons. The molecule has 0 unspecified atom stereocenters. The van der Waals surface area contributed by atoms with E-state index in [1.54, 1.807) is 0 Å². The summed E-state index contributed by atoms with van der Waals surface area (Å²) in [6.07, 6.45) is 1.02. The fourth-order valence-corrected chi connectivity index (χ4v) is 4.40. The molecule has 5 rings (SSSR count). The smallest absolute Gasteiger partial charge is 0.000728 e. The molecule has 0 N–H and O–H groups in total. The quantitative estimate of drug-likeness (QED) is 0.317. The van der Waals surface area contributed by atoms with E-state index >= 15 is 0 Å². The van der Waals surface area contributed by atoms with Gasteiger partial charge in [0.1, 0.15) is 0 Å². The fraction of sp³-hybridized carbons (Fsp3) is 0.111. The van der Waals surface area contributed by atoms with Gasteiger partial charge in [-0.1, -0.05) is 72.8 Å². The molecule has 0 aromatic heterocycles. The number of benzene rings is 4. The van der Waals surface area contributed by atoms with Gasteiger partial charge in [0, 0.05) is 0 Å². The molecule has 0 heterocycles. The largest absolute Gasteiger partial charge is 0.0620 e. The van der Waals surface area contributed by atoms with Crippen molar-refractivity contribution in [2.24, 2.45) is 0 Å². The van der Waals surface area contributed by atoms with Crippen molar-refractivity contribution in [3.05, 3.63) is 107 Å². The molecule has 27 heavy (non-hydrogen) atoms. The average Bonchev–Trinajstić information content (AvgIpc) is 3.07.